The van der Waals surface area contributed by atoms with Crippen molar-refractivity contribution in [2.24, 2.45) is 0 Å². The number of hydrogen-bond acceptors (Lipinski definition) is 9. The summed E-state index contributed by atoms with van der Waals surface area (Å²) in [7, 11) is 0. The smallest absolute Gasteiger partial charge is 0.410 e. The van der Waals surface area contributed by atoms with Crippen molar-refractivity contribution in [2.45, 2.75) is 97.4 Å². The zero-order chi connectivity index (χ0) is 64.1. The largest absolute Gasteiger partial charge is 0.444 e. The fourth-order valence-corrected chi connectivity index (χ4v) is 6.12. The summed E-state index contributed by atoms with van der Waals surface area (Å²) in [5.41, 5.74) is 7.28. The van der Waals surface area contributed by atoms with Gasteiger partial charge < -0.3 is 35.6 Å². The van der Waals surface area contributed by atoms with Crippen LogP contribution in [0.15, 0.2) is 48.5 Å². The molecule has 0 aliphatic carbocycles. The van der Waals surface area contributed by atoms with Gasteiger partial charge in [-0.25, -0.2) is 9.59 Å². The molecule has 4 N–H and O–H groups in total. The van der Waals surface area contributed by atoms with Gasteiger partial charge in [-0.2, -0.15) is 0 Å². The number of hydrogen-bond donors (Lipinski definition) is 3. The van der Waals surface area contributed by atoms with E-state index in [1.54, 1.807) is 28.9 Å². The molecule has 4 rings (SSSR count). The number of anilines is 3. The summed E-state index contributed by atoms with van der Waals surface area (Å²) in [6, 6.07) is 14.4. The standard InChI is InChI=1S/C22H2.C21H4.C16H23N3O4.C16H25N3O2/c1-3-5-7-9-11-13-15-17-19-21-22-20-18-16-14-12-10-8-6-4-2;1-3-5-7-9-11-13-15-17-19-21-20-18-16-14-12-10-8-6-4-2;1-16(2,3)23-15(20)18-9-5-7-13(11-18)17-12-6-4-8-14(10-12)19(21)22;1-16(2,3)21-15(20)19-9-5-8-14(11-19)18-13-7-4-6-12(17)10-13/h1-2H;1H,2H3;4,6,8,10,13,17H,5,7,9,11H2,1-3H3;4,6-7,10,14,18H,5,8-9,11,17H2,1-3H3. The van der Waals surface area contributed by atoms with Crippen LogP contribution in [0.25, 0.3) is 0 Å². The van der Waals surface area contributed by atoms with Gasteiger partial charge in [0.25, 0.3) is 5.69 Å². The van der Waals surface area contributed by atoms with Crippen LogP contribution in [0.2, 0.25) is 0 Å². The molecule has 2 aliphatic heterocycles. The topological polar surface area (TPSA) is 152 Å². The van der Waals surface area contributed by atoms with Crippen molar-refractivity contribution in [3.8, 4) is 250 Å². The number of nitrogens with zero attached hydrogens (tertiary/aromatic N) is 3. The van der Waals surface area contributed by atoms with E-state index in [-0.39, 0.29) is 30.0 Å². The van der Waals surface area contributed by atoms with Gasteiger partial charge in [-0.15, -0.1) is 19.3 Å². The van der Waals surface area contributed by atoms with Crippen molar-refractivity contribution >= 4 is 34.9 Å². The van der Waals surface area contributed by atoms with Gasteiger partial charge in [0, 0.05) is 103 Å². The number of carbonyl (C=O) groups is 2. The first-order chi connectivity index (χ1) is 41.9. The Balaban J connectivity index is 0.000000580. The Morgan fingerprint density at radius 2 is 0.782 bits per heavy atom. The first-order valence-electron chi connectivity index (χ1n) is 25.8. The molecule has 2 saturated heterocycles. The van der Waals surface area contributed by atoms with E-state index in [0.717, 1.165) is 43.6 Å². The summed E-state index contributed by atoms with van der Waals surface area (Å²) in [6.07, 6.45) is 17.9. The van der Waals surface area contributed by atoms with Crippen LogP contribution in [0.3, 0.4) is 0 Å². The third kappa shape index (κ3) is 41.3. The summed E-state index contributed by atoms with van der Waals surface area (Å²) in [4.78, 5) is 38.1. The number of non-ortho nitro benzene ring substituents is 1. The molecular weight excluding hydrogens is 1080 g/mol. The minimum atomic E-state index is -0.516. The molecular formula is C75H54N6O6. The van der Waals surface area contributed by atoms with E-state index in [1.807, 2.05) is 65.8 Å². The predicted molar refractivity (Wildman–Crippen MR) is 345 cm³/mol. The number of nitrogens with one attached hydrogen (secondary N) is 2. The fourth-order valence-electron chi connectivity index (χ4n) is 6.12. The molecule has 2 aromatic rings. The van der Waals surface area contributed by atoms with Gasteiger partial charge >= 0.3 is 12.2 Å². The molecule has 0 bridgehead atoms. The van der Waals surface area contributed by atoms with Crippen molar-refractivity contribution in [3.63, 3.8) is 0 Å². The van der Waals surface area contributed by atoms with Crippen molar-refractivity contribution in [2.75, 3.05) is 42.5 Å². The summed E-state index contributed by atoms with van der Waals surface area (Å²) >= 11 is 0. The average molecular weight is 1140 g/mol. The molecule has 0 saturated carbocycles. The Morgan fingerprint density at radius 1 is 0.494 bits per heavy atom. The second kappa shape index (κ2) is 45.3. The van der Waals surface area contributed by atoms with E-state index >= 15 is 0 Å². The number of likely N-dealkylation sites (tertiary alicyclic amines) is 2. The number of terminal acetylenes is 3. The Morgan fingerprint density at radius 3 is 1.06 bits per heavy atom. The minimum Gasteiger partial charge on any atom is -0.444 e. The zero-order valence-corrected chi connectivity index (χ0v) is 49.0. The minimum absolute atomic E-state index is 0.0507. The lowest BCUT2D eigenvalue weighted by Gasteiger charge is -2.34. The molecule has 2 fully saturated rings. The number of nitro benzene ring substituents is 1. The van der Waals surface area contributed by atoms with Crippen LogP contribution in [0.5, 0.6) is 0 Å². The van der Waals surface area contributed by atoms with E-state index < -0.39 is 16.1 Å². The van der Waals surface area contributed by atoms with Crippen molar-refractivity contribution in [1.29, 1.82) is 0 Å². The highest BCUT2D eigenvalue weighted by Crippen LogP contribution is 2.23. The summed E-state index contributed by atoms with van der Waals surface area (Å²) in [6.45, 7) is 15.5. The predicted octanol–water partition coefficient (Wildman–Crippen LogP) is 7.44. The molecule has 87 heavy (non-hydrogen) atoms. The van der Waals surface area contributed by atoms with Crippen LogP contribution in [-0.4, -0.2) is 76.4 Å². The van der Waals surface area contributed by atoms with E-state index in [1.165, 1.54) is 12.1 Å². The van der Waals surface area contributed by atoms with Crippen molar-refractivity contribution in [3.05, 3.63) is 58.6 Å². The van der Waals surface area contributed by atoms with Crippen LogP contribution in [-0.2, 0) is 9.47 Å². The van der Waals surface area contributed by atoms with Gasteiger partial charge in [-0.3, -0.25) is 10.1 Å². The molecule has 2 unspecified atom stereocenters. The van der Waals surface area contributed by atoms with Gasteiger partial charge in [-0.1, -0.05) is 18.1 Å². The maximum Gasteiger partial charge on any atom is 0.410 e. The monoisotopic (exact) mass is 1130 g/mol. The molecule has 2 heterocycles. The summed E-state index contributed by atoms with van der Waals surface area (Å²) < 4.78 is 10.8. The van der Waals surface area contributed by atoms with Gasteiger partial charge in [0.2, 0.25) is 0 Å². The fraction of sp³-hybridized carbons (Fsp3) is 0.253. The van der Waals surface area contributed by atoms with E-state index in [4.69, 9.17) is 34.5 Å². The van der Waals surface area contributed by atoms with Crippen LogP contribution in [0.1, 0.15) is 74.1 Å². The van der Waals surface area contributed by atoms with E-state index in [2.05, 4.69) is 242 Å². The lowest BCUT2D eigenvalue weighted by molar-refractivity contribution is -0.384. The lowest BCUT2D eigenvalue weighted by atomic mass is 10.1. The van der Waals surface area contributed by atoms with Crippen LogP contribution < -0.4 is 16.4 Å². The third-order valence-electron chi connectivity index (χ3n) is 9.24. The second-order valence-electron chi connectivity index (χ2n) is 18.3. The normalized spacial score (nSPS) is 11.4. The first-order valence-corrected chi connectivity index (χ1v) is 25.8. The SMILES string of the molecule is C#CC#CC#CC#CC#CC#CC#CC#CC#CC#CC.C#CC#CC#CC#CC#CC#CC#CC#CC#CC#CC#C.CC(C)(C)OC(=O)N1CCCC(Nc2cccc(N)c2)C1.CC(C)(C)OC(=O)N1CCCC(Nc2cccc([N+](=O)[O-])c2)C1. The average Bonchev–Trinajstić information content (AvgIpc) is 3.15. The maximum atomic E-state index is 12.1. The molecule has 2 aliphatic rings. The number of benzene rings is 2. The highest BCUT2D eigenvalue weighted by atomic mass is 16.6. The molecule has 2 atom stereocenters. The molecule has 12 heteroatoms. The molecule has 0 aromatic heterocycles. The van der Waals surface area contributed by atoms with Crippen molar-refractivity contribution in [1.82, 2.24) is 9.80 Å². The number of nitrogens with two attached hydrogens (primary N) is 1. The highest BCUT2D eigenvalue weighted by Gasteiger charge is 2.29. The van der Waals surface area contributed by atoms with Crippen LogP contribution >= 0.6 is 0 Å². The number of carbonyl (C=O) groups excluding carboxylic acids is 2. The molecule has 0 spiro atoms. The number of piperidine rings is 2. The van der Waals surface area contributed by atoms with Gasteiger partial charge in [0.05, 0.1) is 4.92 Å². The van der Waals surface area contributed by atoms with Gasteiger partial charge in [-0.05, 0) is 288 Å². The maximum absolute atomic E-state index is 12.1. The number of nitrogen functional groups attached to an aromatic ring is 1. The Hall–Kier alpha value is -13.5. The number of amides is 2. The summed E-state index contributed by atoms with van der Waals surface area (Å²) in [5.74, 6) is 95.1. The third-order valence-corrected chi connectivity index (χ3v) is 9.24. The number of rotatable bonds is 5. The van der Waals surface area contributed by atoms with Crippen molar-refractivity contribution < 1.29 is 24.0 Å². The van der Waals surface area contributed by atoms with E-state index in [0.29, 0.717) is 25.3 Å². The highest BCUT2D eigenvalue weighted by molar-refractivity contribution is 5.69. The summed E-state index contributed by atoms with van der Waals surface area (Å²) in [5, 5.41) is 17.5. The molecule has 420 valence electrons. The second-order valence-corrected chi connectivity index (χ2v) is 18.3. The Bertz CT molecular complexity index is 4130. The number of nitro groups is 1. The molecule has 12 nitrogen and oxygen atoms in total. The molecule has 2 amide bonds. The zero-order valence-electron chi connectivity index (χ0n) is 49.0. The first kappa shape index (κ1) is 71.6. The number of ether oxygens (including phenoxy) is 2. The van der Waals surface area contributed by atoms with Crippen LogP contribution in [0, 0.1) is 260 Å². The lowest BCUT2D eigenvalue weighted by Crippen LogP contribution is -2.46. The van der Waals surface area contributed by atoms with Gasteiger partial charge in [0.1, 0.15) is 11.2 Å². The van der Waals surface area contributed by atoms with Crippen LogP contribution in [0.4, 0.5) is 32.3 Å². The Kier molecular flexibility index (Phi) is 37.2. The van der Waals surface area contributed by atoms with E-state index in [9.17, 15) is 19.7 Å². The Labute approximate surface area is 515 Å². The molecule has 0 radical (unpaired) electrons. The van der Waals surface area contributed by atoms with Gasteiger partial charge in [0.15, 0.2) is 0 Å². The molecule has 2 aromatic carbocycles. The quantitative estimate of drug-likeness (QED) is 0.120.